The standard InChI is InChI=1S/C23H24FN5O/c24-19-9-7-17(8-10-19)16-25-23(30)26-20-6-4-5-18(15-20)21-11-12-22(28-27-21)29-13-2-1-3-14-29/h4-12,15H,1-3,13-14,16H2,(H2,25,26,30). The summed E-state index contributed by atoms with van der Waals surface area (Å²) in [7, 11) is 0. The number of rotatable bonds is 5. The Bertz CT molecular complexity index is 985. The summed E-state index contributed by atoms with van der Waals surface area (Å²) in [6.07, 6.45) is 3.67. The second-order valence-corrected chi connectivity index (χ2v) is 7.34. The van der Waals surface area contributed by atoms with Crippen LogP contribution in [0.25, 0.3) is 11.3 Å². The van der Waals surface area contributed by atoms with Crippen molar-refractivity contribution in [3.05, 3.63) is 72.0 Å². The van der Waals surface area contributed by atoms with E-state index in [9.17, 15) is 9.18 Å². The van der Waals surface area contributed by atoms with Crippen LogP contribution in [0.5, 0.6) is 0 Å². The van der Waals surface area contributed by atoms with Crippen molar-refractivity contribution in [3.63, 3.8) is 0 Å². The molecule has 1 aliphatic heterocycles. The smallest absolute Gasteiger partial charge is 0.319 e. The molecule has 0 bridgehead atoms. The Balaban J connectivity index is 1.37. The summed E-state index contributed by atoms with van der Waals surface area (Å²) in [4.78, 5) is 14.5. The quantitative estimate of drug-likeness (QED) is 0.651. The second-order valence-electron chi connectivity index (χ2n) is 7.34. The molecule has 4 rings (SSSR count). The average Bonchev–Trinajstić information content (AvgIpc) is 2.80. The third kappa shape index (κ3) is 5.11. The van der Waals surface area contributed by atoms with Crippen molar-refractivity contribution in [2.75, 3.05) is 23.3 Å². The van der Waals surface area contributed by atoms with Gasteiger partial charge in [-0.25, -0.2) is 9.18 Å². The fourth-order valence-corrected chi connectivity index (χ4v) is 3.49. The summed E-state index contributed by atoms with van der Waals surface area (Å²) in [6.45, 7) is 2.37. The largest absolute Gasteiger partial charge is 0.355 e. The lowest BCUT2D eigenvalue weighted by Gasteiger charge is -2.27. The van der Waals surface area contributed by atoms with Crippen LogP contribution in [-0.2, 0) is 6.54 Å². The molecule has 1 saturated heterocycles. The van der Waals surface area contributed by atoms with Crippen LogP contribution in [0.1, 0.15) is 24.8 Å². The van der Waals surface area contributed by atoms with Crippen LogP contribution >= 0.6 is 0 Å². The van der Waals surface area contributed by atoms with Gasteiger partial charge in [0.25, 0.3) is 0 Å². The van der Waals surface area contributed by atoms with Crippen molar-refractivity contribution in [1.82, 2.24) is 15.5 Å². The third-order valence-corrected chi connectivity index (χ3v) is 5.11. The molecule has 1 fully saturated rings. The second kappa shape index (κ2) is 9.35. The van der Waals surface area contributed by atoms with Gasteiger partial charge >= 0.3 is 6.03 Å². The first-order valence-corrected chi connectivity index (χ1v) is 10.2. The van der Waals surface area contributed by atoms with E-state index in [1.165, 1.54) is 31.4 Å². The molecule has 2 heterocycles. The molecule has 2 N–H and O–H groups in total. The molecular formula is C23H24FN5O. The number of carbonyl (C=O) groups excluding carboxylic acids is 1. The number of carbonyl (C=O) groups is 1. The predicted molar refractivity (Wildman–Crippen MR) is 116 cm³/mol. The lowest BCUT2D eigenvalue weighted by molar-refractivity contribution is 0.251. The summed E-state index contributed by atoms with van der Waals surface area (Å²) < 4.78 is 13.0. The fourth-order valence-electron chi connectivity index (χ4n) is 3.49. The van der Waals surface area contributed by atoms with Crippen molar-refractivity contribution in [2.45, 2.75) is 25.8 Å². The van der Waals surface area contributed by atoms with Gasteiger partial charge in [0, 0.05) is 30.9 Å². The number of urea groups is 1. The maximum Gasteiger partial charge on any atom is 0.319 e. The number of amides is 2. The van der Waals surface area contributed by atoms with Crippen LogP contribution in [0, 0.1) is 5.82 Å². The maximum absolute atomic E-state index is 13.0. The van der Waals surface area contributed by atoms with E-state index in [-0.39, 0.29) is 11.8 Å². The first-order chi connectivity index (χ1) is 14.7. The number of anilines is 2. The molecule has 0 unspecified atom stereocenters. The molecule has 30 heavy (non-hydrogen) atoms. The van der Waals surface area contributed by atoms with Crippen molar-refractivity contribution in [1.29, 1.82) is 0 Å². The van der Waals surface area contributed by atoms with Crippen LogP contribution in [0.4, 0.5) is 20.7 Å². The van der Waals surface area contributed by atoms with E-state index in [1.807, 2.05) is 36.4 Å². The predicted octanol–water partition coefficient (Wildman–Crippen LogP) is 4.59. The maximum atomic E-state index is 13.0. The zero-order valence-corrected chi connectivity index (χ0v) is 16.6. The molecule has 0 aliphatic carbocycles. The van der Waals surface area contributed by atoms with Gasteiger partial charge in [0.05, 0.1) is 5.69 Å². The molecule has 0 saturated carbocycles. The van der Waals surface area contributed by atoms with Gasteiger partial charge < -0.3 is 15.5 Å². The average molecular weight is 405 g/mol. The van der Waals surface area contributed by atoms with Crippen molar-refractivity contribution in [3.8, 4) is 11.3 Å². The topological polar surface area (TPSA) is 70.2 Å². The minimum Gasteiger partial charge on any atom is -0.355 e. The van der Waals surface area contributed by atoms with Crippen LogP contribution < -0.4 is 15.5 Å². The van der Waals surface area contributed by atoms with Crippen molar-refractivity contribution < 1.29 is 9.18 Å². The Morgan fingerprint density at radius 1 is 0.967 bits per heavy atom. The van der Waals surface area contributed by atoms with Gasteiger partial charge in [-0.2, -0.15) is 0 Å². The molecule has 2 aromatic carbocycles. The summed E-state index contributed by atoms with van der Waals surface area (Å²) >= 11 is 0. The van der Waals surface area contributed by atoms with Crippen LogP contribution in [0.2, 0.25) is 0 Å². The Morgan fingerprint density at radius 3 is 2.50 bits per heavy atom. The number of benzene rings is 2. The number of nitrogens with zero attached hydrogens (tertiary/aromatic N) is 3. The molecule has 6 nitrogen and oxygen atoms in total. The normalized spacial score (nSPS) is 13.7. The van der Waals surface area contributed by atoms with Crippen molar-refractivity contribution in [2.24, 2.45) is 0 Å². The van der Waals surface area contributed by atoms with Gasteiger partial charge in [0.1, 0.15) is 5.82 Å². The summed E-state index contributed by atoms with van der Waals surface area (Å²) in [6, 6.07) is 17.1. The van der Waals surface area contributed by atoms with Crippen LogP contribution in [-0.4, -0.2) is 29.3 Å². The minimum atomic E-state index is -0.331. The first kappa shape index (κ1) is 19.8. The van der Waals surface area contributed by atoms with E-state index >= 15 is 0 Å². The monoisotopic (exact) mass is 405 g/mol. The summed E-state index contributed by atoms with van der Waals surface area (Å²) in [5, 5.41) is 14.3. The highest BCUT2D eigenvalue weighted by Crippen LogP contribution is 2.23. The van der Waals surface area contributed by atoms with E-state index in [1.54, 1.807) is 12.1 Å². The molecule has 154 valence electrons. The lowest BCUT2D eigenvalue weighted by atomic mass is 10.1. The molecule has 1 aliphatic rings. The number of nitrogens with one attached hydrogen (secondary N) is 2. The Labute approximate surface area is 175 Å². The van der Waals surface area contributed by atoms with E-state index in [0.29, 0.717) is 12.2 Å². The van der Waals surface area contributed by atoms with Gasteiger partial charge in [0.2, 0.25) is 0 Å². The Hall–Kier alpha value is -3.48. The highest BCUT2D eigenvalue weighted by Gasteiger charge is 2.13. The van der Waals surface area contributed by atoms with Gasteiger partial charge in [-0.3, -0.25) is 0 Å². The molecular weight excluding hydrogens is 381 g/mol. The lowest BCUT2D eigenvalue weighted by Crippen LogP contribution is -2.30. The third-order valence-electron chi connectivity index (χ3n) is 5.11. The van der Waals surface area contributed by atoms with E-state index in [0.717, 1.165) is 35.7 Å². The number of halogens is 1. The van der Waals surface area contributed by atoms with E-state index in [2.05, 4.69) is 25.7 Å². The summed E-state index contributed by atoms with van der Waals surface area (Å²) in [5.41, 5.74) is 3.12. The van der Waals surface area contributed by atoms with E-state index in [4.69, 9.17) is 0 Å². The van der Waals surface area contributed by atoms with Gasteiger partial charge in [-0.05, 0) is 61.2 Å². The van der Waals surface area contributed by atoms with Gasteiger partial charge in [-0.1, -0.05) is 24.3 Å². The molecule has 3 aromatic rings. The van der Waals surface area contributed by atoms with Crippen LogP contribution in [0.3, 0.4) is 0 Å². The molecule has 1 aromatic heterocycles. The molecule has 0 spiro atoms. The van der Waals surface area contributed by atoms with Crippen molar-refractivity contribution >= 4 is 17.5 Å². The molecule has 0 radical (unpaired) electrons. The van der Waals surface area contributed by atoms with Gasteiger partial charge in [-0.15, -0.1) is 10.2 Å². The highest BCUT2D eigenvalue weighted by atomic mass is 19.1. The Morgan fingerprint density at radius 2 is 1.77 bits per heavy atom. The SMILES string of the molecule is O=C(NCc1ccc(F)cc1)Nc1cccc(-c2ccc(N3CCCCC3)nn2)c1. The number of hydrogen-bond donors (Lipinski definition) is 2. The number of aromatic nitrogens is 2. The van der Waals surface area contributed by atoms with Gasteiger partial charge in [0.15, 0.2) is 5.82 Å². The molecule has 0 atom stereocenters. The number of hydrogen-bond acceptors (Lipinski definition) is 4. The highest BCUT2D eigenvalue weighted by molar-refractivity contribution is 5.90. The fraction of sp³-hybridized carbons (Fsp3) is 0.261. The zero-order chi connectivity index (χ0) is 20.8. The molecule has 7 heteroatoms. The first-order valence-electron chi connectivity index (χ1n) is 10.2. The minimum absolute atomic E-state index is 0.299. The zero-order valence-electron chi connectivity index (χ0n) is 16.6. The summed E-state index contributed by atoms with van der Waals surface area (Å²) in [5.74, 6) is 0.611. The van der Waals surface area contributed by atoms with E-state index < -0.39 is 0 Å². The Kier molecular flexibility index (Phi) is 6.17. The number of piperidine rings is 1. The molecule has 2 amide bonds. The van der Waals surface area contributed by atoms with Crippen LogP contribution in [0.15, 0.2) is 60.7 Å².